The van der Waals surface area contributed by atoms with Gasteiger partial charge in [0.05, 0.1) is 0 Å². The molecule has 17 heavy (non-hydrogen) atoms. The molecule has 2 N–H and O–H groups in total. The maximum atomic E-state index is 11.5. The normalized spacial score (nSPS) is 24.4. The largest absolute Gasteiger partial charge is 0.460 e. The van der Waals surface area contributed by atoms with Crippen LogP contribution in [0.15, 0.2) is 23.9 Å². The fourth-order valence-corrected chi connectivity index (χ4v) is 1.61. The van der Waals surface area contributed by atoms with Gasteiger partial charge in [0, 0.05) is 6.42 Å². The Hall–Kier alpha value is -1.13. The average Bonchev–Trinajstić information content (AvgIpc) is 2.17. The minimum Gasteiger partial charge on any atom is -0.460 e. The van der Waals surface area contributed by atoms with Gasteiger partial charge in [-0.1, -0.05) is 0 Å². The summed E-state index contributed by atoms with van der Waals surface area (Å²) in [4.78, 5) is 11.5. The van der Waals surface area contributed by atoms with Crippen molar-refractivity contribution in [1.29, 1.82) is 0 Å². The highest BCUT2D eigenvalue weighted by atomic mass is 16.6. The summed E-state index contributed by atoms with van der Waals surface area (Å²) in [7, 11) is 0. The van der Waals surface area contributed by atoms with Crippen molar-refractivity contribution in [3.05, 3.63) is 23.9 Å². The van der Waals surface area contributed by atoms with Crippen molar-refractivity contribution in [1.82, 2.24) is 0 Å². The van der Waals surface area contributed by atoms with Crippen LogP contribution in [0.2, 0.25) is 0 Å². The Morgan fingerprint density at radius 3 is 2.71 bits per heavy atom. The van der Waals surface area contributed by atoms with Crippen LogP contribution in [0.25, 0.3) is 0 Å². The van der Waals surface area contributed by atoms with Crippen LogP contribution in [0.3, 0.4) is 0 Å². The second-order valence-electron chi connectivity index (χ2n) is 5.37. The predicted molar refractivity (Wildman–Crippen MR) is 64.5 cm³/mol. The van der Waals surface area contributed by atoms with Gasteiger partial charge in [-0.25, -0.2) is 5.21 Å². The predicted octanol–water partition coefficient (Wildman–Crippen LogP) is 1.22. The molecule has 0 aromatic carbocycles. The van der Waals surface area contributed by atoms with Crippen LogP contribution in [-0.4, -0.2) is 22.8 Å². The number of carbonyl (C=O) groups is 1. The van der Waals surface area contributed by atoms with Crippen LogP contribution >= 0.6 is 0 Å². The Morgan fingerprint density at radius 1 is 1.53 bits per heavy atom. The lowest BCUT2D eigenvalue weighted by Gasteiger charge is -2.20. The molecule has 0 radical (unpaired) electrons. The van der Waals surface area contributed by atoms with E-state index >= 15 is 0 Å². The molecule has 2 atom stereocenters. The summed E-state index contributed by atoms with van der Waals surface area (Å²) in [6, 6.07) is 0.0358. The lowest BCUT2D eigenvalue weighted by molar-refractivity contribution is -1.06. The molecule has 1 aliphatic heterocycles. The summed E-state index contributed by atoms with van der Waals surface area (Å²) in [6.07, 6.45) is 6.54. The molecule has 0 saturated heterocycles. The number of hydrogen-bond acceptors (Lipinski definition) is 3. The molecule has 0 aromatic rings. The fraction of sp³-hybridized carbons (Fsp3) is 0.615. The van der Waals surface area contributed by atoms with Gasteiger partial charge < -0.3 is 4.74 Å². The molecule has 1 rings (SSSR count). The second-order valence-corrected chi connectivity index (χ2v) is 5.37. The molecule has 0 bridgehead atoms. The van der Waals surface area contributed by atoms with Crippen molar-refractivity contribution >= 4 is 5.97 Å². The highest BCUT2D eigenvalue weighted by Crippen LogP contribution is 2.13. The summed E-state index contributed by atoms with van der Waals surface area (Å²) in [5.74, 6) is -0.182. The Morgan fingerprint density at radius 2 is 2.18 bits per heavy atom. The van der Waals surface area contributed by atoms with E-state index in [1.807, 2.05) is 39.8 Å². The molecule has 2 unspecified atom stereocenters. The number of carbonyl (C=O) groups excluding carboxylic acids is 1. The minimum absolute atomic E-state index is 0.0358. The summed E-state index contributed by atoms with van der Waals surface area (Å²) in [5, 5.41) is 9.79. The Kier molecular flexibility index (Phi) is 4.48. The van der Waals surface area contributed by atoms with Crippen LogP contribution < -0.4 is 5.06 Å². The first-order valence-electron chi connectivity index (χ1n) is 5.94. The van der Waals surface area contributed by atoms with E-state index in [2.05, 4.69) is 0 Å². The maximum absolute atomic E-state index is 11.5. The number of esters is 1. The van der Waals surface area contributed by atoms with Crippen molar-refractivity contribution in [3.8, 4) is 0 Å². The van der Waals surface area contributed by atoms with E-state index < -0.39 is 5.60 Å². The van der Waals surface area contributed by atoms with Gasteiger partial charge in [-0.2, -0.15) is 5.06 Å². The van der Waals surface area contributed by atoms with Gasteiger partial charge in [0.15, 0.2) is 0 Å². The van der Waals surface area contributed by atoms with E-state index in [1.54, 1.807) is 6.20 Å². The van der Waals surface area contributed by atoms with Gasteiger partial charge in [0.2, 0.25) is 0 Å². The molecule has 4 heteroatoms. The lowest BCUT2D eigenvalue weighted by Crippen LogP contribution is -3.08. The number of rotatable bonds is 3. The summed E-state index contributed by atoms with van der Waals surface area (Å²) < 4.78 is 5.23. The zero-order valence-corrected chi connectivity index (χ0v) is 11.0. The Bertz CT molecular complexity index is 339. The first kappa shape index (κ1) is 13.9. The van der Waals surface area contributed by atoms with Crippen LogP contribution in [0.4, 0.5) is 0 Å². The van der Waals surface area contributed by atoms with Crippen molar-refractivity contribution in [2.45, 2.75) is 52.2 Å². The van der Waals surface area contributed by atoms with Gasteiger partial charge in [0.1, 0.15) is 17.8 Å². The number of nitrogens with one attached hydrogen (secondary N) is 1. The number of allylic oxidation sites excluding steroid dienone is 2. The lowest BCUT2D eigenvalue weighted by atomic mass is 10.0. The topological polar surface area (TPSA) is 51.0 Å². The first-order chi connectivity index (χ1) is 7.78. The summed E-state index contributed by atoms with van der Waals surface area (Å²) in [6.45, 7) is 7.51. The van der Waals surface area contributed by atoms with E-state index in [9.17, 15) is 10.0 Å². The van der Waals surface area contributed by atoms with E-state index in [0.717, 1.165) is 5.57 Å². The van der Waals surface area contributed by atoms with Gasteiger partial charge in [-0.15, -0.1) is 0 Å². The Balaban J connectivity index is 2.40. The van der Waals surface area contributed by atoms with Gasteiger partial charge in [-0.3, -0.25) is 4.79 Å². The first-order valence-corrected chi connectivity index (χ1v) is 5.94. The molecule has 0 aromatic heterocycles. The summed E-state index contributed by atoms with van der Waals surface area (Å²) in [5.41, 5.74) is 0.647. The SMILES string of the molecule is CC1C=C(CCC(=O)OC(C)(C)C)C=C[NH+]1O. The zero-order valence-electron chi connectivity index (χ0n) is 11.0. The van der Waals surface area contributed by atoms with Gasteiger partial charge in [0.25, 0.3) is 0 Å². The molecule has 0 fully saturated rings. The van der Waals surface area contributed by atoms with Crippen molar-refractivity contribution < 1.29 is 19.8 Å². The van der Waals surface area contributed by atoms with E-state index in [4.69, 9.17) is 4.74 Å². The third kappa shape index (κ3) is 5.15. The molecule has 0 saturated carbocycles. The molecular weight excluding hydrogens is 218 g/mol. The maximum Gasteiger partial charge on any atom is 0.306 e. The highest BCUT2D eigenvalue weighted by Gasteiger charge is 2.18. The smallest absolute Gasteiger partial charge is 0.306 e. The molecule has 4 nitrogen and oxygen atoms in total. The van der Waals surface area contributed by atoms with Crippen molar-refractivity contribution in [2.24, 2.45) is 0 Å². The van der Waals surface area contributed by atoms with Crippen molar-refractivity contribution in [2.75, 3.05) is 0 Å². The number of hydroxylamine groups is 2. The molecule has 0 spiro atoms. The molecular formula is C13H22NO3+. The molecule has 0 amide bonds. The average molecular weight is 240 g/mol. The van der Waals surface area contributed by atoms with Crippen LogP contribution in [0, 0.1) is 0 Å². The standard InChI is InChI=1S/C13H21NO3/c1-10-9-11(7-8-14(10)16)5-6-12(15)17-13(2,3)4/h7-10,16H,5-6H2,1-4H3/p+1. The second kappa shape index (κ2) is 5.47. The zero-order chi connectivity index (χ0) is 13.1. The van der Waals surface area contributed by atoms with Crippen LogP contribution in [0.1, 0.15) is 40.5 Å². The highest BCUT2D eigenvalue weighted by molar-refractivity contribution is 5.70. The molecule has 0 aliphatic carbocycles. The Labute approximate surface area is 103 Å². The van der Waals surface area contributed by atoms with Crippen LogP contribution in [0.5, 0.6) is 0 Å². The third-order valence-electron chi connectivity index (χ3n) is 2.44. The molecule has 1 aliphatic rings. The van der Waals surface area contributed by atoms with Gasteiger partial charge >= 0.3 is 5.97 Å². The summed E-state index contributed by atoms with van der Waals surface area (Å²) >= 11 is 0. The molecule has 96 valence electrons. The molecule has 1 heterocycles. The number of hydrogen-bond donors (Lipinski definition) is 2. The third-order valence-corrected chi connectivity index (χ3v) is 2.44. The minimum atomic E-state index is -0.423. The number of quaternary nitrogens is 1. The fourth-order valence-electron chi connectivity index (χ4n) is 1.61. The van der Waals surface area contributed by atoms with E-state index in [-0.39, 0.29) is 12.0 Å². The van der Waals surface area contributed by atoms with Gasteiger partial charge in [-0.05, 0) is 51.8 Å². The van der Waals surface area contributed by atoms with Crippen LogP contribution in [-0.2, 0) is 9.53 Å². The quantitative estimate of drug-likeness (QED) is 0.729. The van der Waals surface area contributed by atoms with E-state index in [1.165, 1.54) is 0 Å². The van der Waals surface area contributed by atoms with E-state index in [0.29, 0.717) is 17.9 Å². The monoisotopic (exact) mass is 240 g/mol. The number of ether oxygens (including phenoxy) is 1. The van der Waals surface area contributed by atoms with Crippen molar-refractivity contribution in [3.63, 3.8) is 0 Å².